The zero-order valence-electron chi connectivity index (χ0n) is 9.60. The minimum atomic E-state index is -0.0933. The van der Waals surface area contributed by atoms with Crippen LogP contribution in [0.5, 0.6) is 0 Å². The molecule has 0 aliphatic carbocycles. The summed E-state index contributed by atoms with van der Waals surface area (Å²) >= 11 is 0. The Labute approximate surface area is 90.3 Å². The van der Waals surface area contributed by atoms with E-state index in [1.54, 1.807) is 11.8 Å². The van der Waals surface area contributed by atoms with Crippen LogP contribution in [-0.2, 0) is 4.79 Å². The summed E-state index contributed by atoms with van der Waals surface area (Å²) in [5.74, 6) is 0.418. The summed E-state index contributed by atoms with van der Waals surface area (Å²) in [4.78, 5) is 15.6. The smallest absolute Gasteiger partial charge is 0.245 e. The normalized spacial score (nSPS) is 24.5. The molecule has 86 valence electrons. The minimum Gasteiger partial charge on any atom is -0.409 e. The summed E-state index contributed by atoms with van der Waals surface area (Å²) in [6, 6.07) is -0.0933. The molecule has 0 bridgehead atoms. The fourth-order valence-electron chi connectivity index (χ4n) is 1.88. The summed E-state index contributed by atoms with van der Waals surface area (Å²) in [5.41, 5.74) is 0. The molecule has 5 heteroatoms. The number of hydrogen-bond donors (Lipinski definition) is 1. The fourth-order valence-corrected chi connectivity index (χ4v) is 1.88. The zero-order valence-corrected chi connectivity index (χ0v) is 9.60. The van der Waals surface area contributed by atoms with Gasteiger partial charge in [0, 0.05) is 6.54 Å². The predicted octanol–water partition coefficient (Wildman–Crippen LogP) is 0.737. The monoisotopic (exact) mass is 213 g/mol. The number of carbonyl (C=O) groups excluding carboxylic acids is 1. The Morgan fingerprint density at radius 2 is 2.20 bits per heavy atom. The lowest BCUT2D eigenvalue weighted by Crippen LogP contribution is -2.46. The summed E-state index contributed by atoms with van der Waals surface area (Å²) in [5, 5.41) is 11.8. The van der Waals surface area contributed by atoms with Crippen molar-refractivity contribution in [2.75, 3.05) is 20.6 Å². The van der Waals surface area contributed by atoms with Crippen LogP contribution in [0.15, 0.2) is 5.16 Å². The Hall–Kier alpha value is -1.10. The lowest BCUT2D eigenvalue weighted by atomic mass is 10.1. The van der Waals surface area contributed by atoms with Gasteiger partial charge in [0.05, 0.1) is 6.04 Å². The van der Waals surface area contributed by atoms with E-state index in [0.29, 0.717) is 12.4 Å². The number of likely N-dealkylation sites (N-methyl/N-ethyl adjacent to an activating group) is 1. The summed E-state index contributed by atoms with van der Waals surface area (Å²) < 4.78 is 0. The van der Waals surface area contributed by atoms with Crippen molar-refractivity contribution in [3.8, 4) is 0 Å². The van der Waals surface area contributed by atoms with Crippen molar-refractivity contribution in [1.82, 2.24) is 9.80 Å². The van der Waals surface area contributed by atoms with Crippen molar-refractivity contribution in [3.05, 3.63) is 0 Å². The number of rotatable bonds is 1. The van der Waals surface area contributed by atoms with Gasteiger partial charge >= 0.3 is 0 Å². The molecule has 0 aromatic heterocycles. The van der Waals surface area contributed by atoms with Gasteiger partial charge in [-0.1, -0.05) is 5.16 Å². The molecular formula is C10H19N3O2. The number of carbonyl (C=O) groups is 1. The molecule has 1 saturated heterocycles. The highest BCUT2D eigenvalue weighted by Crippen LogP contribution is 2.15. The van der Waals surface area contributed by atoms with E-state index in [2.05, 4.69) is 5.16 Å². The fraction of sp³-hybridized carbons (Fsp3) is 0.800. The van der Waals surface area contributed by atoms with Crippen LogP contribution in [0.2, 0.25) is 0 Å². The summed E-state index contributed by atoms with van der Waals surface area (Å²) in [6.07, 6.45) is 2.87. The van der Waals surface area contributed by atoms with Gasteiger partial charge in [-0.3, -0.25) is 14.6 Å². The molecule has 0 aromatic carbocycles. The van der Waals surface area contributed by atoms with Crippen LogP contribution < -0.4 is 0 Å². The Morgan fingerprint density at radius 1 is 1.53 bits per heavy atom. The zero-order chi connectivity index (χ0) is 11.4. The van der Waals surface area contributed by atoms with Crippen LogP contribution in [0.25, 0.3) is 0 Å². The highest BCUT2D eigenvalue weighted by atomic mass is 16.4. The Morgan fingerprint density at radius 3 is 2.73 bits per heavy atom. The van der Waals surface area contributed by atoms with Crippen LogP contribution in [0.4, 0.5) is 0 Å². The molecule has 1 aliphatic heterocycles. The Bertz CT molecular complexity index is 263. The molecule has 0 unspecified atom stereocenters. The number of nitrogens with zero attached hydrogens (tertiary/aromatic N) is 3. The molecule has 1 aliphatic rings. The quantitative estimate of drug-likeness (QED) is 0.302. The molecule has 1 amide bonds. The molecular weight excluding hydrogens is 194 g/mol. The van der Waals surface area contributed by atoms with Crippen LogP contribution in [0.1, 0.15) is 26.2 Å². The Balaban J connectivity index is 2.84. The van der Waals surface area contributed by atoms with Crippen molar-refractivity contribution in [2.45, 2.75) is 32.2 Å². The third-order valence-corrected chi connectivity index (χ3v) is 2.82. The van der Waals surface area contributed by atoms with Crippen LogP contribution in [0, 0.1) is 0 Å². The number of hydrogen-bond acceptors (Lipinski definition) is 4. The SMILES string of the molecule is C/C(=N/O)N1CCCC[C@H](N(C)C)C1=O. The van der Waals surface area contributed by atoms with Gasteiger partial charge < -0.3 is 5.21 Å². The van der Waals surface area contributed by atoms with E-state index in [9.17, 15) is 4.79 Å². The molecule has 0 aromatic rings. The molecule has 1 N–H and O–H groups in total. The molecule has 0 radical (unpaired) electrons. The lowest BCUT2D eigenvalue weighted by Gasteiger charge is -2.26. The van der Waals surface area contributed by atoms with E-state index in [4.69, 9.17) is 5.21 Å². The van der Waals surface area contributed by atoms with E-state index in [1.807, 2.05) is 19.0 Å². The maximum absolute atomic E-state index is 12.1. The average Bonchev–Trinajstić information content (AvgIpc) is 2.39. The number of amides is 1. The number of likely N-dealkylation sites (tertiary alicyclic amines) is 1. The first-order chi connectivity index (χ1) is 7.07. The van der Waals surface area contributed by atoms with Crippen LogP contribution >= 0.6 is 0 Å². The van der Waals surface area contributed by atoms with Crippen molar-refractivity contribution in [2.24, 2.45) is 5.16 Å². The first-order valence-corrected chi connectivity index (χ1v) is 5.24. The van der Waals surface area contributed by atoms with Gasteiger partial charge in [0.25, 0.3) is 0 Å². The van der Waals surface area contributed by atoms with Crippen molar-refractivity contribution in [3.63, 3.8) is 0 Å². The molecule has 1 atom stereocenters. The second-order valence-corrected chi connectivity index (χ2v) is 4.11. The van der Waals surface area contributed by atoms with Gasteiger partial charge in [-0.25, -0.2) is 0 Å². The summed E-state index contributed by atoms with van der Waals surface area (Å²) in [6.45, 7) is 2.30. The largest absolute Gasteiger partial charge is 0.409 e. The topological polar surface area (TPSA) is 56.1 Å². The molecule has 1 heterocycles. The maximum Gasteiger partial charge on any atom is 0.245 e. The maximum atomic E-state index is 12.1. The van der Waals surface area contributed by atoms with Crippen molar-refractivity contribution < 1.29 is 10.0 Å². The molecule has 1 rings (SSSR count). The standard InChI is InChI=1S/C10H19N3O2/c1-8(11-15)13-7-5-4-6-9(10(13)14)12(2)3/h9,15H,4-7H2,1-3H3/b11-8-/t9-/m0/s1. The molecule has 5 nitrogen and oxygen atoms in total. The van der Waals surface area contributed by atoms with Crippen LogP contribution in [0.3, 0.4) is 0 Å². The predicted molar refractivity (Wildman–Crippen MR) is 57.9 cm³/mol. The van der Waals surface area contributed by atoms with Crippen molar-refractivity contribution in [1.29, 1.82) is 0 Å². The molecule has 1 fully saturated rings. The number of oxime groups is 1. The molecule has 0 spiro atoms. The van der Waals surface area contributed by atoms with E-state index in [1.165, 1.54) is 0 Å². The van der Waals surface area contributed by atoms with E-state index < -0.39 is 0 Å². The third-order valence-electron chi connectivity index (χ3n) is 2.82. The summed E-state index contributed by atoms with van der Waals surface area (Å²) in [7, 11) is 3.80. The number of amidine groups is 1. The van der Waals surface area contributed by atoms with Gasteiger partial charge in [0.15, 0.2) is 0 Å². The van der Waals surface area contributed by atoms with E-state index in [0.717, 1.165) is 19.3 Å². The first-order valence-electron chi connectivity index (χ1n) is 5.24. The second-order valence-electron chi connectivity index (χ2n) is 4.11. The Kier molecular flexibility index (Phi) is 4.08. The third kappa shape index (κ3) is 2.68. The highest BCUT2D eigenvalue weighted by Gasteiger charge is 2.29. The average molecular weight is 213 g/mol. The van der Waals surface area contributed by atoms with Crippen molar-refractivity contribution >= 4 is 11.7 Å². The van der Waals surface area contributed by atoms with E-state index in [-0.39, 0.29) is 11.9 Å². The molecule has 0 saturated carbocycles. The van der Waals surface area contributed by atoms with Gasteiger partial charge in [-0.05, 0) is 40.3 Å². The molecule has 15 heavy (non-hydrogen) atoms. The van der Waals surface area contributed by atoms with Gasteiger partial charge in [-0.15, -0.1) is 0 Å². The first kappa shape index (κ1) is 12.0. The van der Waals surface area contributed by atoms with Gasteiger partial charge in [0.2, 0.25) is 5.91 Å². The van der Waals surface area contributed by atoms with Gasteiger partial charge in [-0.2, -0.15) is 0 Å². The highest BCUT2D eigenvalue weighted by molar-refractivity contribution is 5.99. The minimum absolute atomic E-state index is 0.0350. The second kappa shape index (κ2) is 5.11. The van der Waals surface area contributed by atoms with Crippen LogP contribution in [-0.4, -0.2) is 53.4 Å². The van der Waals surface area contributed by atoms with E-state index >= 15 is 0 Å². The lowest BCUT2D eigenvalue weighted by molar-refractivity contribution is -0.131. The van der Waals surface area contributed by atoms with Gasteiger partial charge in [0.1, 0.15) is 5.84 Å².